The van der Waals surface area contributed by atoms with Crippen molar-refractivity contribution < 1.29 is 4.79 Å². The lowest BCUT2D eigenvalue weighted by Crippen LogP contribution is -2.29. The lowest BCUT2D eigenvalue weighted by atomic mass is 9.96. The van der Waals surface area contributed by atoms with Crippen LogP contribution in [0, 0.1) is 5.41 Å². The summed E-state index contributed by atoms with van der Waals surface area (Å²) in [6, 6.07) is 16.4. The van der Waals surface area contributed by atoms with Crippen LogP contribution >= 0.6 is 34.5 Å². The molecule has 3 heterocycles. The molecule has 0 bridgehead atoms. The van der Waals surface area contributed by atoms with Crippen molar-refractivity contribution in [1.29, 1.82) is 0 Å². The Morgan fingerprint density at radius 1 is 1.09 bits per heavy atom. The highest BCUT2D eigenvalue weighted by atomic mass is 35.5. The van der Waals surface area contributed by atoms with Gasteiger partial charge in [0, 0.05) is 27.6 Å². The number of halogens is 2. The Morgan fingerprint density at radius 2 is 1.82 bits per heavy atom. The molecule has 4 aromatic rings. The van der Waals surface area contributed by atoms with Gasteiger partial charge in [0.25, 0.3) is 11.5 Å². The summed E-state index contributed by atoms with van der Waals surface area (Å²) in [4.78, 5) is 27.4. The minimum Gasteiger partial charge on any atom is -0.365 e. The zero-order chi connectivity index (χ0) is 24.5. The highest BCUT2D eigenvalue weighted by Gasteiger charge is 2.27. The van der Waals surface area contributed by atoms with E-state index in [1.54, 1.807) is 41.1 Å². The second-order valence-corrected chi connectivity index (χ2v) is 11.2. The van der Waals surface area contributed by atoms with Crippen molar-refractivity contribution in [3.8, 4) is 11.3 Å². The summed E-state index contributed by atoms with van der Waals surface area (Å²) in [6.07, 6.45) is 1.73. The molecule has 34 heavy (non-hydrogen) atoms. The zero-order valence-corrected chi connectivity index (χ0v) is 21.3. The van der Waals surface area contributed by atoms with E-state index in [1.165, 1.54) is 16.0 Å². The first kappa shape index (κ1) is 24.3. The van der Waals surface area contributed by atoms with Crippen LogP contribution in [0.25, 0.3) is 11.3 Å². The maximum absolute atomic E-state index is 13.3. The quantitative estimate of drug-likeness (QED) is 0.322. The molecule has 0 aliphatic heterocycles. The van der Waals surface area contributed by atoms with Gasteiger partial charge in [-0.2, -0.15) is 9.78 Å². The fraction of sp³-hybridized carbons (Fsp3) is 0.240. The molecule has 0 atom stereocenters. The highest BCUT2D eigenvalue weighted by molar-refractivity contribution is 7.16. The van der Waals surface area contributed by atoms with Crippen LogP contribution in [0.2, 0.25) is 9.36 Å². The summed E-state index contributed by atoms with van der Waals surface area (Å²) in [7, 11) is 0. The molecular weight excluding hydrogens is 491 g/mol. The number of anilines is 1. The fourth-order valence-electron chi connectivity index (χ4n) is 3.38. The molecule has 0 aliphatic rings. The van der Waals surface area contributed by atoms with Gasteiger partial charge in [0.15, 0.2) is 0 Å². The largest absolute Gasteiger partial charge is 0.365 e. The van der Waals surface area contributed by atoms with Crippen molar-refractivity contribution in [2.45, 2.75) is 33.9 Å². The van der Waals surface area contributed by atoms with Crippen molar-refractivity contribution in [1.82, 2.24) is 14.3 Å². The predicted molar refractivity (Wildman–Crippen MR) is 139 cm³/mol. The maximum atomic E-state index is 13.3. The molecule has 0 unspecified atom stereocenters. The smallest absolute Gasteiger partial charge is 0.260 e. The number of carbonyl (C=O) groups is 1. The van der Waals surface area contributed by atoms with Gasteiger partial charge in [0.1, 0.15) is 11.5 Å². The van der Waals surface area contributed by atoms with E-state index in [0.717, 1.165) is 10.4 Å². The van der Waals surface area contributed by atoms with Crippen LogP contribution in [-0.2, 0) is 13.1 Å². The molecule has 9 heteroatoms. The summed E-state index contributed by atoms with van der Waals surface area (Å²) in [5, 5.41) is 8.45. The molecule has 176 valence electrons. The second-order valence-electron chi connectivity index (χ2n) is 8.92. The average Bonchev–Trinajstić information content (AvgIpc) is 3.40. The molecule has 0 spiro atoms. The van der Waals surface area contributed by atoms with E-state index in [4.69, 9.17) is 23.2 Å². The molecule has 0 amide bonds. The molecular formula is C25H24Cl2N4O2S. The Bertz CT molecular complexity index is 1380. The number of aromatic nitrogens is 3. The van der Waals surface area contributed by atoms with Crippen LogP contribution in [0.1, 0.15) is 36.0 Å². The van der Waals surface area contributed by atoms with Gasteiger partial charge >= 0.3 is 0 Å². The van der Waals surface area contributed by atoms with Crippen LogP contribution < -0.4 is 10.9 Å². The van der Waals surface area contributed by atoms with Crippen LogP contribution in [-0.4, -0.2) is 20.3 Å². The monoisotopic (exact) mass is 514 g/mol. The number of nitrogens with one attached hydrogen (secondary N) is 1. The molecule has 0 fully saturated rings. The molecule has 3 aromatic heterocycles. The van der Waals surface area contributed by atoms with Crippen molar-refractivity contribution >= 4 is 46.3 Å². The first-order valence-corrected chi connectivity index (χ1v) is 12.3. The highest BCUT2D eigenvalue weighted by Crippen LogP contribution is 2.26. The number of nitrogens with zero attached hydrogens (tertiary/aromatic N) is 3. The van der Waals surface area contributed by atoms with E-state index in [9.17, 15) is 9.59 Å². The Morgan fingerprint density at radius 3 is 2.47 bits per heavy atom. The molecule has 6 nitrogen and oxygen atoms in total. The Hall–Kier alpha value is -2.87. The third kappa shape index (κ3) is 5.43. The van der Waals surface area contributed by atoms with Crippen LogP contribution in [0.5, 0.6) is 0 Å². The summed E-state index contributed by atoms with van der Waals surface area (Å²) in [5.41, 5.74) is 0.951. The number of benzene rings is 1. The van der Waals surface area contributed by atoms with Gasteiger partial charge in [0.05, 0.1) is 23.0 Å². The van der Waals surface area contributed by atoms with Gasteiger partial charge in [-0.05, 0) is 42.0 Å². The van der Waals surface area contributed by atoms with Gasteiger partial charge in [-0.15, -0.1) is 11.3 Å². The van der Waals surface area contributed by atoms with Crippen molar-refractivity contribution in [3.05, 3.63) is 90.9 Å². The molecule has 0 radical (unpaired) electrons. The fourth-order valence-corrected chi connectivity index (χ4v) is 4.53. The molecule has 4 rings (SSSR count). The molecule has 0 saturated carbocycles. The number of rotatable bonds is 6. The number of hydrogen-bond acceptors (Lipinski definition) is 5. The number of carbonyl (C=O) groups excluding carboxylic acids is 1. The van der Waals surface area contributed by atoms with E-state index in [0.29, 0.717) is 39.5 Å². The minimum atomic E-state index is -0.655. The molecule has 1 N–H and O–H groups in total. The number of thiophene rings is 1. The Kier molecular flexibility index (Phi) is 6.98. The molecule has 0 aliphatic carbocycles. The van der Waals surface area contributed by atoms with Gasteiger partial charge in [0.2, 0.25) is 0 Å². The third-order valence-electron chi connectivity index (χ3n) is 5.18. The van der Waals surface area contributed by atoms with Crippen molar-refractivity contribution in [3.63, 3.8) is 0 Å². The summed E-state index contributed by atoms with van der Waals surface area (Å²) in [6.45, 7) is 6.38. The molecule has 1 aromatic carbocycles. The van der Waals surface area contributed by atoms with Gasteiger partial charge < -0.3 is 9.88 Å². The van der Waals surface area contributed by atoms with E-state index in [2.05, 4.69) is 10.4 Å². The van der Waals surface area contributed by atoms with Crippen LogP contribution in [0.4, 0.5) is 5.82 Å². The standard InChI is InChI=1S/C25H24Cl2N4O2S/c1-25(2,3)24(33)31-22(28-14-18-10-11-21(27)34-18)13-20(29-31)19-5-4-12-30(23(19)32)15-16-6-8-17(26)9-7-16/h4-13,28H,14-15H2,1-3H3. The van der Waals surface area contributed by atoms with Gasteiger partial charge in [-0.3, -0.25) is 9.59 Å². The summed E-state index contributed by atoms with van der Waals surface area (Å²) >= 11 is 13.5. The first-order valence-electron chi connectivity index (χ1n) is 10.7. The normalized spacial score (nSPS) is 11.6. The Balaban J connectivity index is 1.69. The van der Waals surface area contributed by atoms with Crippen molar-refractivity contribution in [2.24, 2.45) is 5.41 Å². The van der Waals surface area contributed by atoms with Gasteiger partial charge in [-0.25, -0.2) is 0 Å². The lowest BCUT2D eigenvalue weighted by Gasteiger charge is -2.18. The SMILES string of the molecule is CC(C)(C)C(=O)n1nc(-c2cccn(Cc3ccc(Cl)cc3)c2=O)cc1NCc1ccc(Cl)s1. The average molecular weight is 515 g/mol. The van der Waals surface area contributed by atoms with E-state index < -0.39 is 5.41 Å². The number of pyridine rings is 1. The van der Waals surface area contributed by atoms with E-state index >= 15 is 0 Å². The summed E-state index contributed by atoms with van der Waals surface area (Å²) in [5.74, 6) is 0.342. The number of hydrogen-bond donors (Lipinski definition) is 1. The topological polar surface area (TPSA) is 68.9 Å². The maximum Gasteiger partial charge on any atom is 0.260 e. The summed E-state index contributed by atoms with van der Waals surface area (Å²) < 4.78 is 3.66. The van der Waals surface area contributed by atoms with Crippen molar-refractivity contribution in [2.75, 3.05) is 5.32 Å². The second kappa shape index (κ2) is 9.78. The zero-order valence-electron chi connectivity index (χ0n) is 19.0. The third-order valence-corrected chi connectivity index (χ3v) is 6.66. The van der Waals surface area contributed by atoms with Crippen LogP contribution in [0.3, 0.4) is 0 Å². The molecule has 0 saturated heterocycles. The van der Waals surface area contributed by atoms with E-state index in [-0.39, 0.29) is 11.5 Å². The lowest BCUT2D eigenvalue weighted by molar-refractivity contribution is 0.0752. The Labute approximate surface area is 211 Å². The van der Waals surface area contributed by atoms with Crippen LogP contribution in [0.15, 0.2) is 65.6 Å². The minimum absolute atomic E-state index is 0.178. The first-order chi connectivity index (χ1) is 16.1. The van der Waals surface area contributed by atoms with E-state index in [1.807, 2.05) is 45.0 Å². The van der Waals surface area contributed by atoms with Gasteiger partial charge in [-0.1, -0.05) is 56.1 Å². The predicted octanol–water partition coefficient (Wildman–Crippen LogP) is 6.43.